The lowest BCUT2D eigenvalue weighted by atomic mass is 9.89. The molecule has 1 saturated carbocycles. The number of nitrogens with zero attached hydrogens (tertiary/aromatic N) is 2. The number of rotatable bonds is 9. The lowest BCUT2D eigenvalue weighted by Gasteiger charge is -2.21. The van der Waals surface area contributed by atoms with Crippen LogP contribution in [0.4, 0.5) is 10.9 Å². The minimum atomic E-state index is 0.631. The van der Waals surface area contributed by atoms with Gasteiger partial charge in [0.2, 0.25) is 0 Å². The molecule has 4 rings (SSSR count). The van der Waals surface area contributed by atoms with E-state index in [0.29, 0.717) is 13.2 Å². The van der Waals surface area contributed by atoms with Crippen molar-refractivity contribution in [2.75, 3.05) is 37.4 Å². The lowest BCUT2D eigenvalue weighted by molar-refractivity contribution is 0.210. The molecule has 154 valence electrons. The Balaban J connectivity index is 1.39. The second-order valence-electron chi connectivity index (χ2n) is 7.43. The highest BCUT2D eigenvalue weighted by molar-refractivity contribution is 7.22. The maximum atomic E-state index is 6.05. The Labute approximate surface area is 175 Å². The molecule has 0 amide bonds. The number of anilines is 2. The van der Waals surface area contributed by atoms with Crippen LogP contribution in [0.3, 0.4) is 0 Å². The standard InChI is InChI=1S/C22H28N4O2S/c1-27-12-11-24-21-14-18(9-10-23-21)28-17-7-8-19-20(13-17)29-22(26-19)25-15-16-5-3-2-4-6-16/h7-10,13-14,16H,2-6,11-12,15H2,1H3,(H,23,24)(H,25,26). The van der Waals surface area contributed by atoms with Gasteiger partial charge in [0.15, 0.2) is 5.13 Å². The Morgan fingerprint density at radius 1 is 1.07 bits per heavy atom. The molecule has 29 heavy (non-hydrogen) atoms. The summed E-state index contributed by atoms with van der Waals surface area (Å²) in [5.41, 5.74) is 1.00. The Bertz CT molecular complexity index is 924. The molecule has 3 aromatic rings. The van der Waals surface area contributed by atoms with E-state index in [2.05, 4.69) is 21.7 Å². The minimum Gasteiger partial charge on any atom is -0.457 e. The second-order valence-corrected chi connectivity index (χ2v) is 8.46. The van der Waals surface area contributed by atoms with Gasteiger partial charge in [0, 0.05) is 38.5 Å². The van der Waals surface area contributed by atoms with E-state index in [-0.39, 0.29) is 0 Å². The molecule has 0 radical (unpaired) electrons. The van der Waals surface area contributed by atoms with Gasteiger partial charge in [0.25, 0.3) is 0 Å². The van der Waals surface area contributed by atoms with E-state index >= 15 is 0 Å². The fraction of sp³-hybridized carbons (Fsp3) is 0.455. The first-order valence-corrected chi connectivity index (χ1v) is 11.1. The van der Waals surface area contributed by atoms with Crippen LogP contribution in [0.15, 0.2) is 36.5 Å². The van der Waals surface area contributed by atoms with E-state index < -0.39 is 0 Å². The molecule has 2 heterocycles. The van der Waals surface area contributed by atoms with E-state index in [1.54, 1.807) is 24.6 Å². The van der Waals surface area contributed by atoms with Crippen molar-refractivity contribution < 1.29 is 9.47 Å². The zero-order valence-corrected chi connectivity index (χ0v) is 17.6. The summed E-state index contributed by atoms with van der Waals surface area (Å²) in [6.07, 6.45) is 8.54. The molecule has 7 heteroatoms. The number of hydrogen-bond acceptors (Lipinski definition) is 7. The van der Waals surface area contributed by atoms with Gasteiger partial charge in [-0.2, -0.15) is 0 Å². The molecule has 0 bridgehead atoms. The quantitative estimate of drug-likeness (QED) is 0.450. The number of nitrogens with one attached hydrogen (secondary N) is 2. The van der Waals surface area contributed by atoms with Crippen molar-refractivity contribution in [3.63, 3.8) is 0 Å². The van der Waals surface area contributed by atoms with Crippen molar-refractivity contribution in [2.24, 2.45) is 5.92 Å². The van der Waals surface area contributed by atoms with Gasteiger partial charge in [0.1, 0.15) is 17.3 Å². The summed E-state index contributed by atoms with van der Waals surface area (Å²) in [5, 5.41) is 7.75. The van der Waals surface area contributed by atoms with Gasteiger partial charge in [-0.25, -0.2) is 9.97 Å². The largest absolute Gasteiger partial charge is 0.457 e. The topological polar surface area (TPSA) is 68.3 Å². The SMILES string of the molecule is COCCNc1cc(Oc2ccc3nc(NCC4CCCCC4)sc3c2)ccn1. The molecule has 6 nitrogen and oxygen atoms in total. The normalized spacial score (nSPS) is 14.8. The summed E-state index contributed by atoms with van der Waals surface area (Å²) < 4.78 is 12.2. The van der Waals surface area contributed by atoms with Crippen LogP contribution in [0.2, 0.25) is 0 Å². The number of pyridine rings is 1. The fourth-order valence-corrected chi connectivity index (χ4v) is 4.56. The predicted molar refractivity (Wildman–Crippen MR) is 119 cm³/mol. The molecule has 1 aliphatic rings. The lowest BCUT2D eigenvalue weighted by Crippen LogP contribution is -2.16. The summed E-state index contributed by atoms with van der Waals surface area (Å²) in [5.74, 6) is 3.11. The summed E-state index contributed by atoms with van der Waals surface area (Å²) >= 11 is 1.69. The molecule has 0 aliphatic heterocycles. The fourth-order valence-electron chi connectivity index (χ4n) is 3.66. The van der Waals surface area contributed by atoms with Crippen LogP contribution in [0.25, 0.3) is 10.2 Å². The first-order valence-electron chi connectivity index (χ1n) is 10.3. The van der Waals surface area contributed by atoms with Gasteiger partial charge in [-0.1, -0.05) is 30.6 Å². The molecular formula is C22H28N4O2S. The first-order chi connectivity index (χ1) is 14.3. The van der Waals surface area contributed by atoms with Crippen molar-refractivity contribution >= 4 is 32.5 Å². The number of methoxy groups -OCH3 is 1. The average molecular weight is 413 g/mol. The van der Waals surface area contributed by atoms with Crippen LogP contribution >= 0.6 is 11.3 Å². The number of benzene rings is 1. The zero-order valence-electron chi connectivity index (χ0n) is 16.8. The van der Waals surface area contributed by atoms with Gasteiger partial charge in [-0.05, 0) is 37.0 Å². The molecule has 0 unspecified atom stereocenters. The number of ether oxygens (including phenoxy) is 2. The minimum absolute atomic E-state index is 0.631. The first kappa shape index (κ1) is 19.9. The molecule has 2 aromatic heterocycles. The van der Waals surface area contributed by atoms with Crippen LogP contribution in [0, 0.1) is 5.92 Å². The number of aromatic nitrogens is 2. The summed E-state index contributed by atoms with van der Waals surface area (Å²) in [6, 6.07) is 9.79. The highest BCUT2D eigenvalue weighted by atomic mass is 32.1. The molecule has 0 saturated heterocycles. The summed E-state index contributed by atoms with van der Waals surface area (Å²) in [4.78, 5) is 9.02. The van der Waals surface area contributed by atoms with Crippen molar-refractivity contribution in [1.82, 2.24) is 9.97 Å². The van der Waals surface area contributed by atoms with E-state index in [0.717, 1.165) is 45.1 Å². The molecular weight excluding hydrogens is 384 g/mol. The third kappa shape index (κ3) is 5.58. The Morgan fingerprint density at radius 3 is 2.79 bits per heavy atom. The number of thiazole rings is 1. The third-order valence-electron chi connectivity index (χ3n) is 5.21. The summed E-state index contributed by atoms with van der Waals surface area (Å²) in [7, 11) is 1.68. The molecule has 2 N–H and O–H groups in total. The van der Waals surface area contributed by atoms with Crippen LogP contribution < -0.4 is 15.4 Å². The predicted octanol–water partition coefficient (Wildman–Crippen LogP) is 5.53. The van der Waals surface area contributed by atoms with Crippen molar-refractivity contribution in [3.8, 4) is 11.5 Å². The Morgan fingerprint density at radius 2 is 1.93 bits per heavy atom. The highest BCUT2D eigenvalue weighted by Gasteiger charge is 2.14. The maximum absolute atomic E-state index is 6.05. The third-order valence-corrected chi connectivity index (χ3v) is 6.18. The highest BCUT2D eigenvalue weighted by Crippen LogP contribution is 2.32. The number of fused-ring (bicyclic) bond motifs is 1. The second kappa shape index (κ2) is 9.89. The molecule has 0 atom stereocenters. The van der Waals surface area contributed by atoms with Crippen LogP contribution in [0.5, 0.6) is 11.5 Å². The smallest absolute Gasteiger partial charge is 0.183 e. The van der Waals surface area contributed by atoms with Gasteiger partial charge in [-0.3, -0.25) is 0 Å². The van der Waals surface area contributed by atoms with Crippen LogP contribution in [-0.4, -0.2) is 36.8 Å². The van der Waals surface area contributed by atoms with Gasteiger partial charge in [0.05, 0.1) is 16.8 Å². The average Bonchev–Trinajstić information content (AvgIpc) is 3.16. The van der Waals surface area contributed by atoms with E-state index in [1.165, 1.54) is 32.1 Å². The molecule has 1 aliphatic carbocycles. The monoisotopic (exact) mass is 412 g/mol. The van der Waals surface area contributed by atoms with Crippen molar-refractivity contribution in [1.29, 1.82) is 0 Å². The number of hydrogen-bond donors (Lipinski definition) is 2. The Hall–Kier alpha value is -2.38. The van der Waals surface area contributed by atoms with Gasteiger partial charge in [-0.15, -0.1) is 0 Å². The van der Waals surface area contributed by atoms with Crippen molar-refractivity contribution in [2.45, 2.75) is 32.1 Å². The van der Waals surface area contributed by atoms with Gasteiger partial charge >= 0.3 is 0 Å². The van der Waals surface area contributed by atoms with Crippen LogP contribution in [-0.2, 0) is 4.74 Å². The van der Waals surface area contributed by atoms with E-state index in [4.69, 9.17) is 14.5 Å². The summed E-state index contributed by atoms with van der Waals surface area (Å²) in [6.45, 7) is 2.36. The molecule has 1 fully saturated rings. The Kier molecular flexibility index (Phi) is 6.79. The molecule has 1 aromatic carbocycles. The van der Waals surface area contributed by atoms with Crippen molar-refractivity contribution in [3.05, 3.63) is 36.5 Å². The zero-order chi connectivity index (χ0) is 19.9. The van der Waals surface area contributed by atoms with E-state index in [1.807, 2.05) is 24.3 Å². The van der Waals surface area contributed by atoms with Gasteiger partial charge < -0.3 is 20.1 Å². The van der Waals surface area contributed by atoms with Crippen LogP contribution in [0.1, 0.15) is 32.1 Å². The maximum Gasteiger partial charge on any atom is 0.183 e. The van der Waals surface area contributed by atoms with E-state index in [9.17, 15) is 0 Å². The molecule has 0 spiro atoms.